The number of rotatable bonds is 3. The fourth-order valence-corrected chi connectivity index (χ4v) is 1.51. The van der Waals surface area contributed by atoms with Crippen LogP contribution in [0.2, 0.25) is 0 Å². The van der Waals surface area contributed by atoms with Gasteiger partial charge < -0.3 is 4.84 Å². The first-order chi connectivity index (χ1) is 9.75. The number of amides is 1. The number of hydrogen-bond acceptors (Lipinski definition) is 3. The molecule has 0 saturated carbocycles. The van der Waals surface area contributed by atoms with Crippen LogP contribution in [0.25, 0.3) is 6.08 Å². The van der Waals surface area contributed by atoms with Gasteiger partial charge in [0.2, 0.25) is 0 Å². The molecule has 2 rings (SSSR count). The maximum absolute atomic E-state index is 11.6. The summed E-state index contributed by atoms with van der Waals surface area (Å²) >= 11 is 0. The van der Waals surface area contributed by atoms with Crippen molar-refractivity contribution < 1.29 is 14.4 Å². The van der Waals surface area contributed by atoms with Crippen LogP contribution in [0.15, 0.2) is 66.7 Å². The van der Waals surface area contributed by atoms with Crippen LogP contribution in [0, 0.1) is 0 Å². The topological polar surface area (TPSA) is 55.4 Å². The van der Waals surface area contributed by atoms with Crippen LogP contribution in [0.5, 0.6) is 0 Å². The van der Waals surface area contributed by atoms with E-state index in [2.05, 4.69) is 10.3 Å². The number of carbonyl (C=O) groups is 2. The Balaban J connectivity index is 1.84. The van der Waals surface area contributed by atoms with E-state index in [0.29, 0.717) is 5.56 Å². The zero-order valence-corrected chi connectivity index (χ0v) is 10.7. The van der Waals surface area contributed by atoms with Gasteiger partial charge in [-0.1, -0.05) is 48.5 Å². The third kappa shape index (κ3) is 4.10. The molecule has 0 saturated heterocycles. The lowest BCUT2D eigenvalue weighted by Crippen LogP contribution is -2.26. The van der Waals surface area contributed by atoms with Crippen molar-refractivity contribution in [1.82, 2.24) is 5.48 Å². The van der Waals surface area contributed by atoms with Crippen molar-refractivity contribution in [2.75, 3.05) is 0 Å². The largest absolute Gasteiger partial charge is 0.355 e. The summed E-state index contributed by atoms with van der Waals surface area (Å²) in [7, 11) is 0. The smallest absolute Gasteiger partial charge is 0.336 e. The SMILES string of the molecule is O=C(C=Cc1ccccc1)ONC(=O)c1ccccc1. The number of benzene rings is 2. The zero-order valence-electron chi connectivity index (χ0n) is 10.7. The maximum atomic E-state index is 11.6. The summed E-state index contributed by atoms with van der Waals surface area (Å²) in [4.78, 5) is 27.7. The first kappa shape index (κ1) is 13.5. The van der Waals surface area contributed by atoms with Gasteiger partial charge >= 0.3 is 5.97 Å². The molecule has 20 heavy (non-hydrogen) atoms. The van der Waals surface area contributed by atoms with Crippen molar-refractivity contribution >= 4 is 18.0 Å². The van der Waals surface area contributed by atoms with Gasteiger partial charge in [0, 0.05) is 11.6 Å². The van der Waals surface area contributed by atoms with E-state index in [1.54, 1.807) is 36.4 Å². The summed E-state index contributed by atoms with van der Waals surface area (Å²) in [5, 5.41) is 0. The molecule has 0 aliphatic heterocycles. The van der Waals surface area contributed by atoms with Crippen molar-refractivity contribution in [3.8, 4) is 0 Å². The second kappa shape index (κ2) is 6.89. The predicted octanol–water partition coefficient (Wildman–Crippen LogP) is 2.59. The van der Waals surface area contributed by atoms with Crippen LogP contribution in [-0.2, 0) is 9.63 Å². The zero-order chi connectivity index (χ0) is 14.2. The molecular weight excluding hydrogens is 254 g/mol. The van der Waals surface area contributed by atoms with Crippen molar-refractivity contribution in [3.05, 3.63) is 77.9 Å². The molecule has 0 radical (unpaired) electrons. The lowest BCUT2D eigenvalue weighted by molar-refractivity contribution is -0.142. The third-order valence-corrected chi connectivity index (χ3v) is 2.49. The Bertz CT molecular complexity index is 606. The van der Waals surface area contributed by atoms with Crippen molar-refractivity contribution in [2.45, 2.75) is 0 Å². The highest BCUT2D eigenvalue weighted by Gasteiger charge is 2.06. The lowest BCUT2D eigenvalue weighted by Gasteiger charge is -2.03. The van der Waals surface area contributed by atoms with E-state index in [1.807, 2.05) is 30.3 Å². The van der Waals surface area contributed by atoms with Gasteiger partial charge in [-0.15, -0.1) is 0 Å². The maximum Gasteiger partial charge on any atom is 0.355 e. The molecule has 0 unspecified atom stereocenters. The average Bonchev–Trinajstić information content (AvgIpc) is 2.52. The van der Waals surface area contributed by atoms with E-state index < -0.39 is 11.9 Å². The standard InChI is InChI=1S/C16H13NO3/c18-15(12-11-13-7-3-1-4-8-13)20-17-16(19)14-9-5-2-6-10-14/h1-12H,(H,17,19). The Labute approximate surface area is 116 Å². The van der Waals surface area contributed by atoms with E-state index in [-0.39, 0.29) is 0 Å². The van der Waals surface area contributed by atoms with Crippen molar-refractivity contribution in [2.24, 2.45) is 0 Å². The molecule has 0 aliphatic rings. The van der Waals surface area contributed by atoms with Crippen LogP contribution in [-0.4, -0.2) is 11.9 Å². The van der Waals surface area contributed by atoms with Gasteiger partial charge in [0.15, 0.2) is 0 Å². The quantitative estimate of drug-likeness (QED) is 0.687. The van der Waals surface area contributed by atoms with E-state index in [0.717, 1.165) is 5.56 Å². The first-order valence-corrected chi connectivity index (χ1v) is 6.05. The highest BCUT2D eigenvalue weighted by atomic mass is 16.7. The number of nitrogens with one attached hydrogen (secondary N) is 1. The first-order valence-electron chi connectivity index (χ1n) is 6.05. The molecule has 0 spiro atoms. The monoisotopic (exact) mass is 267 g/mol. The third-order valence-electron chi connectivity index (χ3n) is 2.49. The second-order valence-electron chi connectivity index (χ2n) is 3.96. The summed E-state index contributed by atoms with van der Waals surface area (Å²) in [6, 6.07) is 17.8. The van der Waals surface area contributed by atoms with Gasteiger partial charge in [-0.2, -0.15) is 5.48 Å². The molecule has 0 atom stereocenters. The number of carbonyl (C=O) groups excluding carboxylic acids is 2. The Morgan fingerprint density at radius 2 is 1.50 bits per heavy atom. The Morgan fingerprint density at radius 1 is 0.900 bits per heavy atom. The van der Waals surface area contributed by atoms with Crippen molar-refractivity contribution in [1.29, 1.82) is 0 Å². The van der Waals surface area contributed by atoms with Crippen LogP contribution in [0.1, 0.15) is 15.9 Å². The van der Waals surface area contributed by atoms with Crippen LogP contribution in [0.4, 0.5) is 0 Å². The normalized spacial score (nSPS) is 10.2. The molecule has 100 valence electrons. The van der Waals surface area contributed by atoms with Crippen LogP contribution >= 0.6 is 0 Å². The van der Waals surface area contributed by atoms with E-state index in [4.69, 9.17) is 0 Å². The molecule has 2 aromatic rings. The van der Waals surface area contributed by atoms with E-state index in [9.17, 15) is 9.59 Å². The molecule has 0 aliphatic carbocycles. The molecule has 0 aromatic heterocycles. The lowest BCUT2D eigenvalue weighted by atomic mass is 10.2. The fraction of sp³-hybridized carbons (Fsp3) is 0. The molecule has 0 heterocycles. The van der Waals surface area contributed by atoms with E-state index >= 15 is 0 Å². The summed E-state index contributed by atoms with van der Waals surface area (Å²) in [6.45, 7) is 0. The number of hydrogen-bond donors (Lipinski definition) is 1. The molecule has 1 N–H and O–H groups in total. The summed E-state index contributed by atoms with van der Waals surface area (Å²) in [6.07, 6.45) is 2.86. The van der Waals surface area contributed by atoms with Crippen LogP contribution < -0.4 is 5.48 Å². The van der Waals surface area contributed by atoms with Gasteiger partial charge in [0.1, 0.15) is 0 Å². The van der Waals surface area contributed by atoms with Crippen LogP contribution in [0.3, 0.4) is 0 Å². The molecular formula is C16H13NO3. The van der Waals surface area contributed by atoms with Gasteiger partial charge in [0.25, 0.3) is 5.91 Å². The minimum absolute atomic E-state index is 0.423. The fourth-order valence-electron chi connectivity index (χ4n) is 1.51. The van der Waals surface area contributed by atoms with Gasteiger partial charge in [-0.3, -0.25) is 4.79 Å². The summed E-state index contributed by atoms with van der Waals surface area (Å²) < 4.78 is 0. The second-order valence-corrected chi connectivity index (χ2v) is 3.96. The molecule has 2 aromatic carbocycles. The Hall–Kier alpha value is -2.88. The molecule has 1 amide bonds. The summed E-state index contributed by atoms with van der Waals surface area (Å²) in [5.41, 5.74) is 3.39. The molecule has 0 fully saturated rings. The average molecular weight is 267 g/mol. The van der Waals surface area contributed by atoms with Gasteiger partial charge in [-0.05, 0) is 23.8 Å². The van der Waals surface area contributed by atoms with Crippen molar-refractivity contribution in [3.63, 3.8) is 0 Å². The highest BCUT2D eigenvalue weighted by Crippen LogP contribution is 2.01. The molecule has 4 nitrogen and oxygen atoms in total. The summed E-state index contributed by atoms with van der Waals surface area (Å²) in [5.74, 6) is -1.11. The molecule has 4 heteroatoms. The molecule has 0 bridgehead atoms. The van der Waals surface area contributed by atoms with E-state index in [1.165, 1.54) is 6.08 Å². The predicted molar refractivity (Wildman–Crippen MR) is 75.5 cm³/mol. The minimum Gasteiger partial charge on any atom is -0.336 e. The van der Waals surface area contributed by atoms with Gasteiger partial charge in [-0.25, -0.2) is 4.79 Å². The highest BCUT2D eigenvalue weighted by molar-refractivity contribution is 5.95. The number of hydroxylamine groups is 1. The Morgan fingerprint density at radius 3 is 2.15 bits per heavy atom. The van der Waals surface area contributed by atoms with Gasteiger partial charge in [0.05, 0.1) is 0 Å². The Kier molecular flexibility index (Phi) is 4.67. The minimum atomic E-state index is -0.641.